The first-order valence-corrected chi connectivity index (χ1v) is 9.17. The Bertz CT molecular complexity index is 657. The van der Waals surface area contributed by atoms with Crippen LogP contribution in [0.15, 0.2) is 30.3 Å². The number of nitrogens with zero attached hydrogens (tertiary/aromatic N) is 3. The number of hydrogen-bond donors (Lipinski definition) is 0. The Kier molecular flexibility index (Phi) is 5.37. The van der Waals surface area contributed by atoms with Crippen molar-refractivity contribution in [2.45, 2.75) is 43.9 Å². The van der Waals surface area contributed by atoms with Gasteiger partial charge in [-0.3, -0.25) is 9.59 Å². The van der Waals surface area contributed by atoms with Gasteiger partial charge in [-0.1, -0.05) is 30.3 Å². The predicted octanol–water partition coefficient (Wildman–Crippen LogP) is 2.47. The van der Waals surface area contributed by atoms with Crippen molar-refractivity contribution in [3.8, 4) is 6.07 Å². The third-order valence-corrected chi connectivity index (χ3v) is 5.53. The number of carbonyl (C=O) groups is 2. The minimum absolute atomic E-state index is 0.0953. The zero-order chi connectivity index (χ0) is 17.7. The fourth-order valence-electron chi connectivity index (χ4n) is 3.85. The molecule has 0 aromatic heterocycles. The van der Waals surface area contributed by atoms with Crippen LogP contribution in [0.4, 0.5) is 0 Å². The van der Waals surface area contributed by atoms with Crippen molar-refractivity contribution in [3.05, 3.63) is 35.9 Å². The summed E-state index contributed by atoms with van der Waals surface area (Å²) in [5.74, 6) is 0.267. The van der Waals surface area contributed by atoms with Crippen LogP contribution in [-0.2, 0) is 15.0 Å². The van der Waals surface area contributed by atoms with Gasteiger partial charge in [-0.25, -0.2) is 0 Å². The molecule has 0 unspecified atom stereocenters. The van der Waals surface area contributed by atoms with Crippen LogP contribution in [0.2, 0.25) is 0 Å². The van der Waals surface area contributed by atoms with Crippen LogP contribution in [0, 0.1) is 11.3 Å². The van der Waals surface area contributed by atoms with Crippen molar-refractivity contribution in [1.82, 2.24) is 9.80 Å². The third-order valence-electron chi connectivity index (χ3n) is 5.53. The molecule has 1 aromatic rings. The SMILES string of the molecule is N#CC1(c2ccccc2)CCN(C(=O)CCN2CCCCC2=O)CC1. The summed E-state index contributed by atoms with van der Waals surface area (Å²) in [4.78, 5) is 28.0. The van der Waals surface area contributed by atoms with E-state index in [9.17, 15) is 14.9 Å². The van der Waals surface area contributed by atoms with Gasteiger partial charge in [0.15, 0.2) is 0 Å². The summed E-state index contributed by atoms with van der Waals surface area (Å²) in [7, 11) is 0. The molecule has 5 nitrogen and oxygen atoms in total. The number of amides is 2. The number of rotatable bonds is 4. The van der Waals surface area contributed by atoms with E-state index in [2.05, 4.69) is 6.07 Å². The Hall–Kier alpha value is -2.35. The number of hydrogen-bond acceptors (Lipinski definition) is 3. The van der Waals surface area contributed by atoms with Gasteiger partial charge in [0.25, 0.3) is 0 Å². The average Bonchev–Trinajstić information content (AvgIpc) is 2.68. The molecule has 0 N–H and O–H groups in total. The van der Waals surface area contributed by atoms with Crippen LogP contribution >= 0.6 is 0 Å². The first-order chi connectivity index (χ1) is 12.1. The second kappa shape index (κ2) is 7.69. The fraction of sp³-hybridized carbons (Fsp3) is 0.550. The predicted molar refractivity (Wildman–Crippen MR) is 94.6 cm³/mol. The quantitative estimate of drug-likeness (QED) is 0.846. The van der Waals surface area contributed by atoms with E-state index in [0.29, 0.717) is 45.3 Å². The van der Waals surface area contributed by atoms with Gasteiger partial charge in [0.1, 0.15) is 0 Å². The molecule has 2 amide bonds. The first kappa shape index (κ1) is 17.5. The Balaban J connectivity index is 1.54. The molecule has 0 radical (unpaired) electrons. The summed E-state index contributed by atoms with van der Waals surface area (Å²) in [6, 6.07) is 12.4. The minimum atomic E-state index is -0.485. The highest BCUT2D eigenvalue weighted by molar-refractivity contribution is 5.79. The maximum Gasteiger partial charge on any atom is 0.224 e. The zero-order valence-corrected chi connectivity index (χ0v) is 14.6. The molecule has 2 aliphatic heterocycles. The van der Waals surface area contributed by atoms with Crippen molar-refractivity contribution in [1.29, 1.82) is 5.26 Å². The van der Waals surface area contributed by atoms with Crippen LogP contribution in [0.25, 0.3) is 0 Å². The summed E-state index contributed by atoms with van der Waals surface area (Å²) in [6.45, 7) is 2.51. The molecular weight excluding hydrogens is 314 g/mol. The lowest BCUT2D eigenvalue weighted by molar-refractivity contribution is -0.136. The molecule has 2 aliphatic rings. The molecule has 25 heavy (non-hydrogen) atoms. The van der Waals surface area contributed by atoms with Crippen LogP contribution in [0.3, 0.4) is 0 Å². The van der Waals surface area contributed by atoms with E-state index in [-0.39, 0.29) is 11.8 Å². The van der Waals surface area contributed by atoms with Gasteiger partial charge in [-0.2, -0.15) is 5.26 Å². The summed E-state index contributed by atoms with van der Waals surface area (Å²) < 4.78 is 0. The highest BCUT2D eigenvalue weighted by atomic mass is 16.2. The van der Waals surface area contributed by atoms with E-state index in [4.69, 9.17) is 0 Å². The summed E-state index contributed by atoms with van der Waals surface area (Å²) in [5.41, 5.74) is 0.560. The molecule has 1 aromatic carbocycles. The average molecular weight is 339 g/mol. The molecule has 2 heterocycles. The zero-order valence-electron chi connectivity index (χ0n) is 14.6. The second-order valence-electron chi connectivity index (χ2n) is 7.03. The van der Waals surface area contributed by atoms with E-state index in [1.54, 1.807) is 0 Å². The lowest BCUT2D eigenvalue weighted by atomic mass is 9.74. The maximum absolute atomic E-state index is 12.5. The number of likely N-dealkylation sites (tertiary alicyclic amines) is 2. The van der Waals surface area contributed by atoms with E-state index in [1.807, 2.05) is 40.1 Å². The molecule has 0 spiro atoms. The molecule has 0 atom stereocenters. The Morgan fingerprint density at radius 3 is 2.48 bits per heavy atom. The van der Waals surface area contributed by atoms with Gasteiger partial charge in [0, 0.05) is 39.0 Å². The highest BCUT2D eigenvalue weighted by Gasteiger charge is 2.37. The molecule has 2 saturated heterocycles. The van der Waals surface area contributed by atoms with Crippen LogP contribution < -0.4 is 0 Å². The molecular formula is C20H25N3O2. The Morgan fingerprint density at radius 1 is 1.12 bits per heavy atom. The van der Waals surface area contributed by atoms with Crippen LogP contribution in [0.5, 0.6) is 0 Å². The van der Waals surface area contributed by atoms with Gasteiger partial charge in [-0.15, -0.1) is 0 Å². The molecule has 2 fully saturated rings. The van der Waals surface area contributed by atoms with Crippen molar-refractivity contribution in [2.75, 3.05) is 26.2 Å². The first-order valence-electron chi connectivity index (χ1n) is 9.17. The molecule has 3 rings (SSSR count). The third kappa shape index (κ3) is 3.84. The van der Waals surface area contributed by atoms with E-state index in [0.717, 1.165) is 24.9 Å². The Morgan fingerprint density at radius 2 is 1.84 bits per heavy atom. The minimum Gasteiger partial charge on any atom is -0.343 e. The van der Waals surface area contributed by atoms with Crippen LogP contribution in [0.1, 0.15) is 44.1 Å². The van der Waals surface area contributed by atoms with E-state index in [1.165, 1.54) is 0 Å². The van der Waals surface area contributed by atoms with Gasteiger partial charge < -0.3 is 9.80 Å². The van der Waals surface area contributed by atoms with Crippen molar-refractivity contribution >= 4 is 11.8 Å². The smallest absolute Gasteiger partial charge is 0.224 e. The number of piperidine rings is 2. The molecule has 0 bridgehead atoms. The van der Waals surface area contributed by atoms with Gasteiger partial charge in [0.2, 0.25) is 11.8 Å². The number of carbonyl (C=O) groups excluding carboxylic acids is 2. The highest BCUT2D eigenvalue weighted by Crippen LogP contribution is 2.35. The topological polar surface area (TPSA) is 64.4 Å². The summed E-state index contributed by atoms with van der Waals surface area (Å²) in [5, 5.41) is 9.72. The lowest BCUT2D eigenvalue weighted by Gasteiger charge is -2.38. The standard InChI is InChI=1S/C20H25N3O2/c21-16-20(17-6-2-1-3-7-17)10-14-23(15-11-20)19(25)9-13-22-12-5-4-8-18(22)24/h1-3,6-7H,4-5,8-15H2. The van der Waals surface area contributed by atoms with Crippen LogP contribution in [-0.4, -0.2) is 47.8 Å². The van der Waals surface area contributed by atoms with E-state index >= 15 is 0 Å². The maximum atomic E-state index is 12.5. The second-order valence-corrected chi connectivity index (χ2v) is 7.03. The normalized spacial score (nSPS) is 20.2. The van der Waals surface area contributed by atoms with Gasteiger partial charge >= 0.3 is 0 Å². The molecule has 132 valence electrons. The summed E-state index contributed by atoms with van der Waals surface area (Å²) in [6.07, 6.45) is 4.33. The molecule has 5 heteroatoms. The Labute approximate surface area is 149 Å². The number of nitriles is 1. The van der Waals surface area contributed by atoms with Gasteiger partial charge in [-0.05, 0) is 31.2 Å². The lowest BCUT2D eigenvalue weighted by Crippen LogP contribution is -2.46. The summed E-state index contributed by atoms with van der Waals surface area (Å²) >= 11 is 0. The molecule has 0 aliphatic carbocycles. The largest absolute Gasteiger partial charge is 0.343 e. The fourth-order valence-corrected chi connectivity index (χ4v) is 3.85. The monoisotopic (exact) mass is 339 g/mol. The van der Waals surface area contributed by atoms with Crippen molar-refractivity contribution < 1.29 is 9.59 Å². The molecule has 0 saturated carbocycles. The van der Waals surface area contributed by atoms with E-state index < -0.39 is 5.41 Å². The number of benzene rings is 1. The van der Waals surface area contributed by atoms with Crippen molar-refractivity contribution in [2.24, 2.45) is 0 Å². The van der Waals surface area contributed by atoms with Gasteiger partial charge in [0.05, 0.1) is 11.5 Å². The van der Waals surface area contributed by atoms with Crippen molar-refractivity contribution in [3.63, 3.8) is 0 Å².